The van der Waals surface area contributed by atoms with E-state index in [2.05, 4.69) is 11.0 Å². The summed E-state index contributed by atoms with van der Waals surface area (Å²) in [6, 6.07) is 8.12. The topological polar surface area (TPSA) is 60.9 Å². The molecule has 1 fully saturated rings. The smallest absolute Gasteiger partial charge is 0.223 e. The molecule has 24 heavy (non-hydrogen) atoms. The molecule has 3 rings (SSSR count). The molecule has 0 aliphatic carbocycles. The SMILES string of the molecule is CN1CCN(S(=O)(=O)CCC(=O)N2CCc3ccccc3C2)CC1. The van der Waals surface area contributed by atoms with Crippen molar-refractivity contribution < 1.29 is 13.2 Å². The average molecular weight is 351 g/mol. The Labute approximate surface area is 144 Å². The molecule has 2 heterocycles. The van der Waals surface area contributed by atoms with E-state index in [1.54, 1.807) is 4.90 Å². The largest absolute Gasteiger partial charge is 0.338 e. The minimum absolute atomic E-state index is 0.0663. The fraction of sp³-hybridized carbons (Fsp3) is 0.588. The van der Waals surface area contributed by atoms with E-state index in [4.69, 9.17) is 0 Å². The van der Waals surface area contributed by atoms with Crippen LogP contribution in [0.1, 0.15) is 17.5 Å². The summed E-state index contributed by atoms with van der Waals surface area (Å²) in [6.07, 6.45) is 0.907. The minimum Gasteiger partial charge on any atom is -0.338 e. The van der Waals surface area contributed by atoms with E-state index in [-0.39, 0.29) is 18.1 Å². The van der Waals surface area contributed by atoms with Gasteiger partial charge in [0.2, 0.25) is 15.9 Å². The highest BCUT2D eigenvalue weighted by Crippen LogP contribution is 2.19. The number of likely N-dealkylation sites (N-methyl/N-ethyl adjacent to an activating group) is 1. The Kier molecular flexibility index (Phi) is 5.22. The molecule has 2 aliphatic rings. The van der Waals surface area contributed by atoms with Crippen LogP contribution in [0, 0.1) is 0 Å². The lowest BCUT2D eigenvalue weighted by atomic mass is 10.00. The Morgan fingerprint density at radius 1 is 1.04 bits per heavy atom. The highest BCUT2D eigenvalue weighted by Gasteiger charge is 2.27. The number of hydrogen-bond donors (Lipinski definition) is 0. The number of carbonyl (C=O) groups is 1. The number of fused-ring (bicyclic) bond motifs is 1. The van der Waals surface area contributed by atoms with E-state index in [0.717, 1.165) is 19.5 Å². The second kappa shape index (κ2) is 7.21. The molecular weight excluding hydrogens is 326 g/mol. The number of sulfonamides is 1. The van der Waals surface area contributed by atoms with Crippen molar-refractivity contribution in [3.8, 4) is 0 Å². The number of carbonyl (C=O) groups excluding carboxylic acids is 1. The molecule has 1 amide bonds. The van der Waals surface area contributed by atoms with Crippen molar-refractivity contribution in [3.63, 3.8) is 0 Å². The molecule has 0 radical (unpaired) electrons. The van der Waals surface area contributed by atoms with Crippen LogP contribution in [0.25, 0.3) is 0 Å². The van der Waals surface area contributed by atoms with E-state index in [1.807, 2.05) is 25.2 Å². The Hall–Kier alpha value is -1.44. The first-order valence-corrected chi connectivity index (χ1v) is 10.1. The van der Waals surface area contributed by atoms with Crippen molar-refractivity contribution in [2.45, 2.75) is 19.4 Å². The highest BCUT2D eigenvalue weighted by molar-refractivity contribution is 7.89. The predicted octanol–water partition coefficient (Wildman–Crippen LogP) is 0.539. The van der Waals surface area contributed by atoms with Gasteiger partial charge in [-0.3, -0.25) is 4.79 Å². The lowest BCUT2D eigenvalue weighted by molar-refractivity contribution is -0.131. The molecule has 0 atom stereocenters. The first kappa shape index (κ1) is 17.4. The zero-order chi connectivity index (χ0) is 17.2. The monoisotopic (exact) mass is 351 g/mol. The fourth-order valence-corrected chi connectivity index (χ4v) is 4.69. The summed E-state index contributed by atoms with van der Waals surface area (Å²) in [5.74, 6) is -0.157. The lowest BCUT2D eigenvalue weighted by Gasteiger charge is -2.32. The lowest BCUT2D eigenvalue weighted by Crippen LogP contribution is -2.48. The van der Waals surface area contributed by atoms with Gasteiger partial charge in [-0.05, 0) is 24.6 Å². The van der Waals surface area contributed by atoms with Crippen LogP contribution in [-0.2, 0) is 27.8 Å². The number of amides is 1. The first-order chi connectivity index (χ1) is 11.5. The Morgan fingerprint density at radius 3 is 2.42 bits per heavy atom. The van der Waals surface area contributed by atoms with Crippen molar-refractivity contribution in [1.29, 1.82) is 0 Å². The van der Waals surface area contributed by atoms with Crippen LogP contribution < -0.4 is 0 Å². The van der Waals surface area contributed by atoms with Crippen molar-refractivity contribution >= 4 is 15.9 Å². The van der Waals surface area contributed by atoms with Gasteiger partial charge in [0.15, 0.2) is 0 Å². The third-order valence-corrected chi connectivity index (χ3v) is 6.78. The molecule has 6 nitrogen and oxygen atoms in total. The molecule has 0 saturated carbocycles. The van der Waals surface area contributed by atoms with Gasteiger partial charge in [-0.25, -0.2) is 8.42 Å². The Balaban J connectivity index is 1.54. The summed E-state index contributed by atoms with van der Waals surface area (Å²) in [5.41, 5.74) is 2.45. The van der Waals surface area contributed by atoms with Crippen LogP contribution in [0.2, 0.25) is 0 Å². The number of nitrogens with zero attached hydrogens (tertiary/aromatic N) is 3. The second-order valence-electron chi connectivity index (χ2n) is 6.60. The van der Waals surface area contributed by atoms with Gasteiger partial charge in [-0.15, -0.1) is 0 Å². The molecule has 0 spiro atoms. The maximum atomic E-state index is 12.4. The minimum atomic E-state index is -3.34. The maximum Gasteiger partial charge on any atom is 0.223 e. The highest BCUT2D eigenvalue weighted by atomic mass is 32.2. The van der Waals surface area contributed by atoms with Crippen LogP contribution >= 0.6 is 0 Å². The molecule has 1 aromatic rings. The van der Waals surface area contributed by atoms with Crippen molar-refractivity contribution in [3.05, 3.63) is 35.4 Å². The summed E-state index contributed by atoms with van der Waals surface area (Å²) in [6.45, 7) is 3.79. The van der Waals surface area contributed by atoms with Gasteiger partial charge in [-0.1, -0.05) is 24.3 Å². The Bertz CT molecular complexity index is 697. The summed E-state index contributed by atoms with van der Waals surface area (Å²) in [5, 5.41) is 0. The van der Waals surface area contributed by atoms with Gasteiger partial charge in [0, 0.05) is 45.7 Å². The van der Waals surface area contributed by atoms with E-state index >= 15 is 0 Å². The molecule has 1 saturated heterocycles. The normalized spacial score (nSPS) is 20.0. The summed E-state index contributed by atoms with van der Waals surface area (Å²) >= 11 is 0. The van der Waals surface area contributed by atoms with Crippen molar-refractivity contribution in [2.24, 2.45) is 0 Å². The van der Waals surface area contributed by atoms with Gasteiger partial charge in [0.25, 0.3) is 0 Å². The zero-order valence-corrected chi connectivity index (χ0v) is 15.0. The predicted molar refractivity (Wildman–Crippen MR) is 93.0 cm³/mol. The molecule has 0 bridgehead atoms. The molecule has 0 aromatic heterocycles. The van der Waals surface area contributed by atoms with E-state index in [0.29, 0.717) is 26.2 Å². The molecule has 7 heteroatoms. The standard InChI is InChI=1S/C17H25N3O3S/c1-18-9-11-20(12-10-18)24(22,23)13-7-17(21)19-8-6-15-4-2-3-5-16(15)14-19/h2-5H,6-14H2,1H3. The van der Waals surface area contributed by atoms with Crippen LogP contribution in [0.5, 0.6) is 0 Å². The fourth-order valence-electron chi connectivity index (χ4n) is 3.28. The summed E-state index contributed by atoms with van der Waals surface area (Å²) in [4.78, 5) is 16.3. The van der Waals surface area contributed by atoms with Crippen LogP contribution in [0.3, 0.4) is 0 Å². The van der Waals surface area contributed by atoms with E-state index in [9.17, 15) is 13.2 Å². The zero-order valence-electron chi connectivity index (χ0n) is 14.1. The summed E-state index contributed by atoms with van der Waals surface area (Å²) in [7, 11) is -1.35. The van der Waals surface area contributed by atoms with Gasteiger partial charge >= 0.3 is 0 Å². The van der Waals surface area contributed by atoms with E-state index in [1.165, 1.54) is 15.4 Å². The number of piperazine rings is 1. The average Bonchev–Trinajstić information content (AvgIpc) is 2.59. The summed E-state index contributed by atoms with van der Waals surface area (Å²) < 4.78 is 26.3. The quantitative estimate of drug-likeness (QED) is 0.794. The third-order valence-electron chi connectivity index (χ3n) is 4.91. The number of benzene rings is 1. The van der Waals surface area contributed by atoms with Gasteiger partial charge in [0.05, 0.1) is 5.75 Å². The molecule has 0 N–H and O–H groups in total. The van der Waals surface area contributed by atoms with Crippen molar-refractivity contribution in [2.75, 3.05) is 45.5 Å². The van der Waals surface area contributed by atoms with Crippen molar-refractivity contribution in [1.82, 2.24) is 14.1 Å². The molecule has 132 valence electrons. The number of rotatable bonds is 4. The van der Waals surface area contributed by atoms with Crippen LogP contribution in [0.4, 0.5) is 0 Å². The van der Waals surface area contributed by atoms with E-state index < -0.39 is 10.0 Å². The number of hydrogen-bond acceptors (Lipinski definition) is 4. The molecule has 2 aliphatic heterocycles. The van der Waals surface area contributed by atoms with Gasteiger partial charge in [0.1, 0.15) is 0 Å². The Morgan fingerprint density at radius 2 is 1.71 bits per heavy atom. The molecule has 0 unspecified atom stereocenters. The second-order valence-corrected chi connectivity index (χ2v) is 8.69. The van der Waals surface area contributed by atoms with Crippen LogP contribution in [-0.4, -0.2) is 74.0 Å². The first-order valence-electron chi connectivity index (χ1n) is 8.46. The maximum absolute atomic E-state index is 12.4. The molecular formula is C17H25N3O3S. The molecule has 1 aromatic carbocycles. The van der Waals surface area contributed by atoms with Crippen LogP contribution in [0.15, 0.2) is 24.3 Å². The van der Waals surface area contributed by atoms with Gasteiger partial charge < -0.3 is 9.80 Å². The van der Waals surface area contributed by atoms with Gasteiger partial charge in [-0.2, -0.15) is 4.31 Å². The third kappa shape index (κ3) is 3.96.